The highest BCUT2D eigenvalue weighted by molar-refractivity contribution is 7.91. The molecule has 0 radical (unpaired) electrons. The second kappa shape index (κ2) is 6.04. The number of benzene rings is 1. The molecule has 0 N–H and O–H groups in total. The topological polar surface area (TPSA) is 104 Å². The van der Waals surface area contributed by atoms with E-state index in [-0.39, 0.29) is 29.2 Å². The van der Waals surface area contributed by atoms with Crippen LogP contribution in [0, 0.1) is 10.1 Å². The minimum Gasteiger partial charge on any atom is -0.458 e. The lowest BCUT2D eigenvalue weighted by atomic mass is 10.1. The van der Waals surface area contributed by atoms with Crippen molar-refractivity contribution >= 4 is 27.6 Å². The highest BCUT2D eigenvalue weighted by Crippen LogP contribution is 2.19. The van der Waals surface area contributed by atoms with Crippen molar-refractivity contribution < 1.29 is 22.9 Å². The van der Waals surface area contributed by atoms with Crippen LogP contribution in [0.1, 0.15) is 12.0 Å². The maximum atomic E-state index is 11.6. The molecule has 0 bridgehead atoms. The van der Waals surface area contributed by atoms with Gasteiger partial charge < -0.3 is 4.74 Å². The maximum Gasteiger partial charge on any atom is 0.331 e. The Kier molecular flexibility index (Phi) is 4.37. The van der Waals surface area contributed by atoms with E-state index >= 15 is 0 Å². The normalized spacial score (nSPS) is 20.5. The molecule has 1 aromatic carbocycles. The Morgan fingerprint density at radius 2 is 2.10 bits per heavy atom. The van der Waals surface area contributed by atoms with Crippen LogP contribution in [0.15, 0.2) is 30.3 Å². The van der Waals surface area contributed by atoms with E-state index in [1.807, 2.05) is 0 Å². The first-order valence-electron chi connectivity index (χ1n) is 6.20. The van der Waals surface area contributed by atoms with Crippen LogP contribution in [0.4, 0.5) is 5.69 Å². The molecule has 1 fully saturated rings. The van der Waals surface area contributed by atoms with Crippen molar-refractivity contribution in [2.45, 2.75) is 12.5 Å². The van der Waals surface area contributed by atoms with Gasteiger partial charge in [-0.1, -0.05) is 12.1 Å². The number of hydrogen-bond donors (Lipinski definition) is 0. The zero-order valence-electron chi connectivity index (χ0n) is 11.0. The number of nitrogens with zero attached hydrogens (tertiary/aromatic N) is 1. The molecule has 0 amide bonds. The lowest BCUT2D eigenvalue weighted by Gasteiger charge is -2.07. The van der Waals surface area contributed by atoms with Gasteiger partial charge in [0.1, 0.15) is 6.10 Å². The lowest BCUT2D eigenvalue weighted by molar-refractivity contribution is -0.385. The Morgan fingerprint density at radius 1 is 1.38 bits per heavy atom. The molecule has 112 valence electrons. The predicted molar refractivity (Wildman–Crippen MR) is 75.3 cm³/mol. The Labute approximate surface area is 121 Å². The third-order valence-corrected chi connectivity index (χ3v) is 4.74. The maximum absolute atomic E-state index is 11.6. The molecule has 0 spiro atoms. The van der Waals surface area contributed by atoms with Gasteiger partial charge in [0.15, 0.2) is 9.84 Å². The number of esters is 1. The van der Waals surface area contributed by atoms with Crippen LogP contribution >= 0.6 is 0 Å². The van der Waals surface area contributed by atoms with Crippen molar-refractivity contribution in [2.24, 2.45) is 0 Å². The van der Waals surface area contributed by atoms with Crippen LogP contribution in [-0.2, 0) is 19.4 Å². The number of rotatable bonds is 4. The Bertz CT molecular complexity index is 694. The van der Waals surface area contributed by atoms with Crippen molar-refractivity contribution in [3.8, 4) is 0 Å². The summed E-state index contributed by atoms with van der Waals surface area (Å²) in [6.45, 7) is 0. The summed E-state index contributed by atoms with van der Waals surface area (Å²) in [5.41, 5.74) is 0.156. The zero-order chi connectivity index (χ0) is 15.5. The van der Waals surface area contributed by atoms with Crippen molar-refractivity contribution in [3.63, 3.8) is 0 Å². The first-order valence-corrected chi connectivity index (χ1v) is 8.02. The lowest BCUT2D eigenvalue weighted by Crippen LogP contribution is -2.17. The fraction of sp³-hybridized carbons (Fsp3) is 0.308. The van der Waals surface area contributed by atoms with Crippen molar-refractivity contribution in [2.75, 3.05) is 11.5 Å². The fourth-order valence-corrected chi connectivity index (χ4v) is 3.60. The van der Waals surface area contributed by atoms with E-state index in [4.69, 9.17) is 4.74 Å². The average Bonchev–Trinajstić information content (AvgIpc) is 2.75. The standard InChI is InChI=1S/C13H13NO6S/c15-13(20-11-7-8-21(18,19)9-11)6-5-10-3-1-2-4-12(10)14(16)17/h1-6,11H,7-9H2/b6-5+. The van der Waals surface area contributed by atoms with E-state index in [0.717, 1.165) is 6.08 Å². The van der Waals surface area contributed by atoms with Gasteiger partial charge in [-0.2, -0.15) is 0 Å². The number of carbonyl (C=O) groups excluding carboxylic acids is 1. The van der Waals surface area contributed by atoms with Crippen molar-refractivity contribution in [1.29, 1.82) is 0 Å². The summed E-state index contributed by atoms with van der Waals surface area (Å²) in [4.78, 5) is 21.8. The van der Waals surface area contributed by atoms with Crippen LogP contribution in [0.3, 0.4) is 0 Å². The third kappa shape index (κ3) is 4.12. The Balaban J connectivity index is 2.02. The third-order valence-electron chi connectivity index (χ3n) is 3.01. The quantitative estimate of drug-likeness (QED) is 0.360. The van der Waals surface area contributed by atoms with Gasteiger partial charge in [0.25, 0.3) is 5.69 Å². The van der Waals surface area contributed by atoms with Crippen LogP contribution in [-0.4, -0.2) is 36.9 Å². The van der Waals surface area contributed by atoms with Gasteiger partial charge in [0.2, 0.25) is 0 Å². The van der Waals surface area contributed by atoms with Gasteiger partial charge in [-0.25, -0.2) is 13.2 Å². The number of para-hydroxylation sites is 1. The molecule has 1 atom stereocenters. The van der Waals surface area contributed by atoms with Gasteiger partial charge in [0, 0.05) is 12.1 Å². The van der Waals surface area contributed by atoms with E-state index in [9.17, 15) is 23.3 Å². The number of hydrogen-bond acceptors (Lipinski definition) is 6. The van der Waals surface area contributed by atoms with Crippen LogP contribution in [0.25, 0.3) is 6.08 Å². The molecule has 0 aromatic heterocycles. The van der Waals surface area contributed by atoms with Crippen LogP contribution < -0.4 is 0 Å². The molecule has 7 nitrogen and oxygen atoms in total. The highest BCUT2D eigenvalue weighted by Gasteiger charge is 2.30. The summed E-state index contributed by atoms with van der Waals surface area (Å²) >= 11 is 0. The number of carbonyl (C=O) groups is 1. The molecular weight excluding hydrogens is 298 g/mol. The molecule has 0 saturated carbocycles. The number of nitro benzene ring substituents is 1. The Morgan fingerprint density at radius 3 is 2.71 bits per heavy atom. The first kappa shape index (κ1) is 15.2. The van der Waals surface area contributed by atoms with Gasteiger partial charge in [-0.15, -0.1) is 0 Å². The van der Waals surface area contributed by atoms with Gasteiger partial charge >= 0.3 is 5.97 Å². The van der Waals surface area contributed by atoms with Gasteiger partial charge in [-0.3, -0.25) is 10.1 Å². The molecule has 1 heterocycles. The average molecular weight is 311 g/mol. The van der Waals surface area contributed by atoms with Crippen molar-refractivity contribution in [3.05, 3.63) is 46.0 Å². The zero-order valence-corrected chi connectivity index (χ0v) is 11.8. The summed E-state index contributed by atoms with van der Waals surface area (Å²) in [6.07, 6.45) is 1.99. The molecular formula is C13H13NO6S. The van der Waals surface area contributed by atoms with E-state index < -0.39 is 26.8 Å². The predicted octanol–water partition coefficient (Wildman–Crippen LogP) is 1.34. The largest absolute Gasteiger partial charge is 0.458 e. The summed E-state index contributed by atoms with van der Waals surface area (Å²) in [6, 6.07) is 5.97. The van der Waals surface area contributed by atoms with E-state index in [0.29, 0.717) is 0 Å². The Hall–Kier alpha value is -2.22. The minimum atomic E-state index is -3.12. The monoisotopic (exact) mass is 311 g/mol. The number of ether oxygens (including phenoxy) is 1. The molecule has 0 aliphatic carbocycles. The highest BCUT2D eigenvalue weighted by atomic mass is 32.2. The summed E-state index contributed by atoms with van der Waals surface area (Å²) in [5, 5.41) is 10.8. The molecule has 21 heavy (non-hydrogen) atoms. The molecule has 1 aliphatic rings. The molecule has 2 rings (SSSR count). The van der Waals surface area contributed by atoms with E-state index in [1.54, 1.807) is 6.07 Å². The van der Waals surface area contributed by atoms with Gasteiger partial charge in [0.05, 0.1) is 22.0 Å². The van der Waals surface area contributed by atoms with Gasteiger partial charge in [-0.05, 0) is 18.6 Å². The SMILES string of the molecule is O=C(/C=C/c1ccccc1[N+](=O)[O-])OC1CCS(=O)(=O)C1. The van der Waals surface area contributed by atoms with Crippen LogP contribution in [0.5, 0.6) is 0 Å². The molecule has 1 unspecified atom stereocenters. The minimum absolute atomic E-state index is 0.0127. The molecule has 8 heteroatoms. The summed E-state index contributed by atoms with van der Waals surface area (Å²) in [7, 11) is -3.12. The summed E-state index contributed by atoms with van der Waals surface area (Å²) < 4.78 is 27.5. The molecule has 1 aromatic rings. The molecule has 1 saturated heterocycles. The van der Waals surface area contributed by atoms with E-state index in [1.165, 1.54) is 24.3 Å². The second-order valence-electron chi connectivity index (χ2n) is 4.61. The van der Waals surface area contributed by atoms with Crippen LogP contribution in [0.2, 0.25) is 0 Å². The second-order valence-corrected chi connectivity index (χ2v) is 6.84. The summed E-state index contributed by atoms with van der Waals surface area (Å²) in [5.74, 6) is -0.869. The number of nitro groups is 1. The smallest absolute Gasteiger partial charge is 0.331 e. The first-order chi connectivity index (χ1) is 9.87. The van der Waals surface area contributed by atoms with E-state index in [2.05, 4.69) is 0 Å². The van der Waals surface area contributed by atoms with Crippen molar-refractivity contribution in [1.82, 2.24) is 0 Å². The molecule has 1 aliphatic heterocycles. The fourth-order valence-electron chi connectivity index (χ4n) is 2.01. The number of sulfone groups is 1.